The van der Waals surface area contributed by atoms with Crippen molar-refractivity contribution >= 4 is 11.9 Å². The molecule has 0 aromatic carbocycles. The predicted molar refractivity (Wildman–Crippen MR) is 70.0 cm³/mol. The molecule has 0 fully saturated rings. The van der Waals surface area contributed by atoms with Crippen molar-refractivity contribution in [1.29, 1.82) is 0 Å². The highest BCUT2D eigenvalue weighted by atomic mass is 16.6. The van der Waals surface area contributed by atoms with Crippen molar-refractivity contribution < 1.29 is 19.1 Å². The van der Waals surface area contributed by atoms with Crippen LogP contribution in [0.25, 0.3) is 0 Å². The van der Waals surface area contributed by atoms with E-state index in [2.05, 4.69) is 0 Å². The van der Waals surface area contributed by atoms with Crippen LogP contribution in [0, 0.1) is 17.3 Å². The molecule has 0 aliphatic heterocycles. The zero-order valence-corrected chi connectivity index (χ0v) is 12.6. The van der Waals surface area contributed by atoms with E-state index in [1.54, 1.807) is 6.92 Å². The molecule has 0 aliphatic carbocycles. The molecule has 4 nitrogen and oxygen atoms in total. The van der Waals surface area contributed by atoms with E-state index in [4.69, 9.17) is 9.47 Å². The summed E-state index contributed by atoms with van der Waals surface area (Å²) in [6.07, 6.45) is -0.824. The number of esters is 2. The summed E-state index contributed by atoms with van der Waals surface area (Å²) in [7, 11) is 0. The van der Waals surface area contributed by atoms with E-state index in [9.17, 15) is 9.59 Å². The van der Waals surface area contributed by atoms with Crippen molar-refractivity contribution in [2.45, 2.75) is 54.6 Å². The summed E-state index contributed by atoms with van der Waals surface area (Å²) in [5, 5.41) is 0. The van der Waals surface area contributed by atoms with E-state index in [-0.39, 0.29) is 24.4 Å². The highest BCUT2D eigenvalue weighted by molar-refractivity contribution is 5.82. The van der Waals surface area contributed by atoms with Crippen molar-refractivity contribution in [3.8, 4) is 0 Å². The Labute approximate surface area is 110 Å². The molecule has 0 radical (unpaired) electrons. The number of ether oxygens (including phenoxy) is 2. The molecule has 0 N–H and O–H groups in total. The maximum atomic E-state index is 12.1. The van der Waals surface area contributed by atoms with E-state index in [0.29, 0.717) is 0 Å². The first-order valence-electron chi connectivity index (χ1n) is 6.52. The Morgan fingerprint density at radius 2 is 1.61 bits per heavy atom. The average molecular weight is 258 g/mol. The quantitative estimate of drug-likeness (QED) is 0.687. The fourth-order valence-electron chi connectivity index (χ4n) is 1.18. The molecule has 1 unspecified atom stereocenters. The average Bonchev–Trinajstić information content (AvgIpc) is 2.24. The highest BCUT2D eigenvalue weighted by Gasteiger charge is 2.37. The molecule has 0 saturated carbocycles. The predicted octanol–water partition coefficient (Wildman–Crippen LogP) is 2.80. The van der Waals surface area contributed by atoms with Crippen LogP contribution >= 0.6 is 0 Å². The zero-order valence-electron chi connectivity index (χ0n) is 12.6. The molecule has 0 aromatic rings. The molecular formula is C14H26O4. The van der Waals surface area contributed by atoms with E-state index >= 15 is 0 Å². The van der Waals surface area contributed by atoms with E-state index in [0.717, 1.165) is 0 Å². The van der Waals surface area contributed by atoms with Gasteiger partial charge in [0.1, 0.15) is 0 Å². The normalized spacial score (nSPS) is 13.6. The van der Waals surface area contributed by atoms with Gasteiger partial charge in [-0.15, -0.1) is 0 Å². The second-order valence-electron chi connectivity index (χ2n) is 5.70. The minimum Gasteiger partial charge on any atom is -0.463 e. The fraction of sp³-hybridized carbons (Fsp3) is 0.857. The molecule has 0 bridgehead atoms. The van der Waals surface area contributed by atoms with Crippen molar-refractivity contribution in [2.24, 2.45) is 17.3 Å². The number of carbonyl (C=O) groups excluding carboxylic acids is 2. The third-order valence-corrected chi connectivity index (χ3v) is 3.33. The molecular weight excluding hydrogens is 232 g/mol. The lowest BCUT2D eigenvalue weighted by Crippen LogP contribution is -2.40. The lowest BCUT2D eigenvalue weighted by atomic mass is 9.81. The highest BCUT2D eigenvalue weighted by Crippen LogP contribution is 2.29. The summed E-state index contributed by atoms with van der Waals surface area (Å²) in [4.78, 5) is 23.8. The van der Waals surface area contributed by atoms with Gasteiger partial charge in [-0.1, -0.05) is 27.7 Å². The van der Waals surface area contributed by atoms with Gasteiger partial charge in [0.05, 0.1) is 12.0 Å². The Balaban J connectivity index is 4.80. The van der Waals surface area contributed by atoms with E-state index in [1.165, 1.54) is 0 Å². The number of carbonyl (C=O) groups is 2. The maximum Gasteiger partial charge on any atom is 0.347 e. The second kappa shape index (κ2) is 6.76. The van der Waals surface area contributed by atoms with Crippen LogP contribution in [-0.4, -0.2) is 24.6 Å². The van der Waals surface area contributed by atoms with Gasteiger partial charge in [0, 0.05) is 5.92 Å². The summed E-state index contributed by atoms with van der Waals surface area (Å²) in [5.41, 5.74) is -0.611. The van der Waals surface area contributed by atoms with Crippen molar-refractivity contribution in [2.75, 3.05) is 6.61 Å². The summed E-state index contributed by atoms with van der Waals surface area (Å²) < 4.78 is 10.3. The van der Waals surface area contributed by atoms with Gasteiger partial charge in [-0.25, -0.2) is 4.79 Å². The molecule has 0 heterocycles. The third-order valence-electron chi connectivity index (χ3n) is 3.33. The van der Waals surface area contributed by atoms with Gasteiger partial charge in [0.2, 0.25) is 6.10 Å². The van der Waals surface area contributed by atoms with E-state index < -0.39 is 17.5 Å². The standard InChI is InChI=1S/C14H26O4/c1-8-17-12(15)11(9(2)3)18-13(16)14(6,7)10(4)5/h9-11H,8H2,1-7H3. The van der Waals surface area contributed by atoms with Crippen LogP contribution in [0.1, 0.15) is 48.5 Å². The Morgan fingerprint density at radius 3 is 1.94 bits per heavy atom. The first-order chi connectivity index (χ1) is 8.14. The molecule has 0 spiro atoms. The zero-order chi connectivity index (χ0) is 14.5. The Kier molecular flexibility index (Phi) is 6.36. The van der Waals surface area contributed by atoms with Crippen LogP contribution in [0.5, 0.6) is 0 Å². The molecule has 0 amide bonds. The SMILES string of the molecule is CCOC(=O)C(OC(=O)C(C)(C)C(C)C)C(C)C. The van der Waals surface area contributed by atoms with Crippen molar-refractivity contribution in [1.82, 2.24) is 0 Å². The lowest BCUT2D eigenvalue weighted by Gasteiger charge is -2.29. The summed E-state index contributed by atoms with van der Waals surface area (Å²) in [6, 6.07) is 0. The van der Waals surface area contributed by atoms with Gasteiger partial charge in [-0.2, -0.15) is 0 Å². The molecule has 18 heavy (non-hydrogen) atoms. The van der Waals surface area contributed by atoms with Crippen LogP contribution in [0.2, 0.25) is 0 Å². The summed E-state index contributed by atoms with van der Waals surface area (Å²) in [5.74, 6) is -0.791. The second-order valence-corrected chi connectivity index (χ2v) is 5.70. The molecule has 0 saturated heterocycles. The van der Waals surface area contributed by atoms with Gasteiger partial charge < -0.3 is 9.47 Å². The summed E-state index contributed by atoms with van der Waals surface area (Å²) in [6.45, 7) is 13.2. The van der Waals surface area contributed by atoms with Gasteiger partial charge in [-0.3, -0.25) is 4.79 Å². The van der Waals surface area contributed by atoms with Crippen LogP contribution in [0.3, 0.4) is 0 Å². The topological polar surface area (TPSA) is 52.6 Å². The van der Waals surface area contributed by atoms with Gasteiger partial charge in [0.15, 0.2) is 0 Å². The summed E-state index contributed by atoms with van der Waals surface area (Å²) >= 11 is 0. The first-order valence-corrected chi connectivity index (χ1v) is 6.52. The van der Waals surface area contributed by atoms with Crippen LogP contribution in [0.15, 0.2) is 0 Å². The smallest absolute Gasteiger partial charge is 0.347 e. The minimum atomic E-state index is -0.824. The lowest BCUT2D eigenvalue weighted by molar-refractivity contribution is -0.178. The number of hydrogen-bond acceptors (Lipinski definition) is 4. The van der Waals surface area contributed by atoms with Crippen molar-refractivity contribution in [3.05, 3.63) is 0 Å². The third kappa shape index (κ3) is 4.31. The Bertz CT molecular complexity index is 292. The first kappa shape index (κ1) is 16.9. The van der Waals surface area contributed by atoms with Gasteiger partial charge in [0.25, 0.3) is 0 Å². The van der Waals surface area contributed by atoms with Gasteiger partial charge in [-0.05, 0) is 26.7 Å². The fourth-order valence-corrected chi connectivity index (χ4v) is 1.18. The van der Waals surface area contributed by atoms with Crippen LogP contribution < -0.4 is 0 Å². The molecule has 0 aromatic heterocycles. The molecule has 1 atom stereocenters. The van der Waals surface area contributed by atoms with Gasteiger partial charge >= 0.3 is 11.9 Å². The Morgan fingerprint density at radius 1 is 1.11 bits per heavy atom. The molecule has 0 aliphatic rings. The largest absolute Gasteiger partial charge is 0.463 e. The Hall–Kier alpha value is -1.06. The maximum absolute atomic E-state index is 12.1. The molecule has 4 heteroatoms. The van der Waals surface area contributed by atoms with Crippen LogP contribution in [-0.2, 0) is 19.1 Å². The monoisotopic (exact) mass is 258 g/mol. The molecule has 106 valence electrons. The van der Waals surface area contributed by atoms with Crippen LogP contribution in [0.4, 0.5) is 0 Å². The number of rotatable bonds is 6. The molecule has 0 rings (SSSR count). The van der Waals surface area contributed by atoms with E-state index in [1.807, 2.05) is 41.5 Å². The van der Waals surface area contributed by atoms with Crippen molar-refractivity contribution in [3.63, 3.8) is 0 Å². The number of hydrogen-bond donors (Lipinski definition) is 0. The minimum absolute atomic E-state index is 0.101.